The summed E-state index contributed by atoms with van der Waals surface area (Å²) in [5.41, 5.74) is 3.30. The van der Waals surface area contributed by atoms with Gasteiger partial charge < -0.3 is 19.5 Å². The Morgan fingerprint density at radius 2 is 1.78 bits per heavy atom. The summed E-state index contributed by atoms with van der Waals surface area (Å²) < 4.78 is 16.1. The maximum atomic E-state index is 12.0. The largest absolute Gasteiger partial charge is 0.493 e. The van der Waals surface area contributed by atoms with Gasteiger partial charge in [-0.1, -0.05) is 35.9 Å². The second kappa shape index (κ2) is 10.6. The van der Waals surface area contributed by atoms with Crippen molar-refractivity contribution in [3.05, 3.63) is 59.2 Å². The van der Waals surface area contributed by atoms with E-state index in [9.17, 15) is 4.79 Å². The first-order chi connectivity index (χ1) is 13.1. The van der Waals surface area contributed by atoms with Gasteiger partial charge in [0, 0.05) is 12.6 Å². The SMILES string of the molecule is CCOC(=O)C[C@H](NCc1ccc(OC)c(OCC)c1)c1ccc(C)cc1. The third-order valence-corrected chi connectivity index (χ3v) is 4.24. The van der Waals surface area contributed by atoms with Crippen LogP contribution < -0.4 is 14.8 Å². The number of hydrogen-bond donors (Lipinski definition) is 1. The van der Waals surface area contributed by atoms with Crippen molar-refractivity contribution in [1.82, 2.24) is 5.32 Å². The number of rotatable bonds is 10. The van der Waals surface area contributed by atoms with Gasteiger partial charge >= 0.3 is 5.97 Å². The average Bonchev–Trinajstić information content (AvgIpc) is 2.66. The smallest absolute Gasteiger partial charge is 0.307 e. The Bertz CT molecular complexity index is 728. The second-order valence-corrected chi connectivity index (χ2v) is 6.27. The molecule has 1 atom stereocenters. The summed E-state index contributed by atoms with van der Waals surface area (Å²) in [5.74, 6) is 1.22. The van der Waals surface area contributed by atoms with Gasteiger partial charge in [-0.2, -0.15) is 0 Å². The molecule has 2 aromatic rings. The lowest BCUT2D eigenvalue weighted by Crippen LogP contribution is -2.24. The van der Waals surface area contributed by atoms with Gasteiger partial charge in [0.1, 0.15) is 0 Å². The van der Waals surface area contributed by atoms with Crippen molar-refractivity contribution in [2.24, 2.45) is 0 Å². The van der Waals surface area contributed by atoms with E-state index in [1.54, 1.807) is 7.11 Å². The first-order valence-electron chi connectivity index (χ1n) is 9.32. The predicted molar refractivity (Wildman–Crippen MR) is 106 cm³/mol. The first kappa shape index (κ1) is 20.8. The topological polar surface area (TPSA) is 56.8 Å². The van der Waals surface area contributed by atoms with Crippen LogP contribution in [0.4, 0.5) is 0 Å². The van der Waals surface area contributed by atoms with Crippen molar-refractivity contribution in [2.45, 2.75) is 39.8 Å². The zero-order valence-electron chi connectivity index (χ0n) is 16.6. The Morgan fingerprint density at radius 3 is 2.41 bits per heavy atom. The Balaban J connectivity index is 2.13. The van der Waals surface area contributed by atoms with Crippen molar-refractivity contribution in [3.8, 4) is 11.5 Å². The van der Waals surface area contributed by atoms with Gasteiger partial charge in [0.15, 0.2) is 11.5 Å². The number of methoxy groups -OCH3 is 1. The van der Waals surface area contributed by atoms with Gasteiger partial charge in [0.25, 0.3) is 0 Å². The highest BCUT2D eigenvalue weighted by Crippen LogP contribution is 2.28. The number of carbonyl (C=O) groups is 1. The van der Waals surface area contributed by atoms with Gasteiger partial charge in [-0.3, -0.25) is 4.79 Å². The van der Waals surface area contributed by atoms with Gasteiger partial charge in [-0.15, -0.1) is 0 Å². The lowest BCUT2D eigenvalue weighted by molar-refractivity contribution is -0.143. The lowest BCUT2D eigenvalue weighted by Gasteiger charge is -2.19. The van der Waals surface area contributed by atoms with Gasteiger partial charge in [-0.25, -0.2) is 0 Å². The van der Waals surface area contributed by atoms with Crippen LogP contribution in [0, 0.1) is 6.92 Å². The van der Waals surface area contributed by atoms with Crippen molar-refractivity contribution >= 4 is 5.97 Å². The molecule has 0 unspecified atom stereocenters. The molecule has 0 heterocycles. The van der Waals surface area contributed by atoms with Crippen LogP contribution in [0.2, 0.25) is 0 Å². The Labute approximate surface area is 161 Å². The summed E-state index contributed by atoms with van der Waals surface area (Å²) in [6, 6.07) is 13.9. The minimum atomic E-state index is -0.208. The first-order valence-corrected chi connectivity index (χ1v) is 9.32. The van der Waals surface area contributed by atoms with Crippen LogP contribution in [0.15, 0.2) is 42.5 Å². The Hall–Kier alpha value is -2.53. The Kier molecular flexibility index (Phi) is 8.14. The molecule has 0 aliphatic heterocycles. The van der Waals surface area contributed by atoms with Crippen molar-refractivity contribution in [3.63, 3.8) is 0 Å². The molecule has 146 valence electrons. The summed E-state index contributed by atoms with van der Waals surface area (Å²) in [6.07, 6.45) is 0.283. The molecule has 0 aliphatic carbocycles. The number of esters is 1. The fourth-order valence-electron chi connectivity index (χ4n) is 2.83. The molecule has 2 aromatic carbocycles. The minimum Gasteiger partial charge on any atom is -0.493 e. The minimum absolute atomic E-state index is 0.123. The number of nitrogens with one attached hydrogen (secondary N) is 1. The molecule has 0 aliphatic rings. The molecule has 0 saturated carbocycles. The van der Waals surface area contributed by atoms with E-state index in [1.807, 2.05) is 51.1 Å². The number of benzene rings is 2. The highest BCUT2D eigenvalue weighted by Gasteiger charge is 2.17. The van der Waals surface area contributed by atoms with Crippen LogP contribution >= 0.6 is 0 Å². The van der Waals surface area contributed by atoms with E-state index >= 15 is 0 Å². The fraction of sp³-hybridized carbons (Fsp3) is 0.409. The molecule has 0 amide bonds. The average molecular weight is 371 g/mol. The van der Waals surface area contributed by atoms with E-state index in [-0.39, 0.29) is 18.4 Å². The van der Waals surface area contributed by atoms with E-state index in [0.29, 0.717) is 25.5 Å². The normalized spacial score (nSPS) is 11.7. The van der Waals surface area contributed by atoms with Crippen molar-refractivity contribution in [2.75, 3.05) is 20.3 Å². The number of hydrogen-bond acceptors (Lipinski definition) is 5. The highest BCUT2D eigenvalue weighted by molar-refractivity contribution is 5.70. The fourth-order valence-corrected chi connectivity index (χ4v) is 2.83. The van der Waals surface area contributed by atoms with Gasteiger partial charge in [0.05, 0.1) is 26.7 Å². The van der Waals surface area contributed by atoms with Crippen LogP contribution in [0.3, 0.4) is 0 Å². The molecule has 27 heavy (non-hydrogen) atoms. The molecule has 0 radical (unpaired) electrons. The van der Waals surface area contributed by atoms with E-state index in [4.69, 9.17) is 14.2 Å². The third-order valence-electron chi connectivity index (χ3n) is 4.24. The number of carbonyl (C=O) groups excluding carboxylic acids is 1. The third kappa shape index (κ3) is 6.29. The zero-order valence-corrected chi connectivity index (χ0v) is 16.6. The maximum absolute atomic E-state index is 12.0. The van der Waals surface area contributed by atoms with Crippen molar-refractivity contribution in [1.29, 1.82) is 0 Å². The number of aryl methyl sites for hydroxylation is 1. The maximum Gasteiger partial charge on any atom is 0.307 e. The molecular weight excluding hydrogens is 342 g/mol. The van der Waals surface area contributed by atoms with Crippen molar-refractivity contribution < 1.29 is 19.0 Å². The molecule has 0 spiro atoms. The van der Waals surface area contributed by atoms with E-state index < -0.39 is 0 Å². The molecule has 5 heteroatoms. The molecule has 0 saturated heterocycles. The van der Waals surface area contributed by atoms with E-state index in [1.165, 1.54) is 5.56 Å². The molecule has 0 aromatic heterocycles. The van der Waals surface area contributed by atoms with Gasteiger partial charge in [0.2, 0.25) is 0 Å². The van der Waals surface area contributed by atoms with Crippen LogP contribution in [0.25, 0.3) is 0 Å². The molecule has 2 rings (SSSR count). The summed E-state index contributed by atoms with van der Waals surface area (Å²) in [4.78, 5) is 12.0. The highest BCUT2D eigenvalue weighted by atomic mass is 16.5. The molecule has 0 bridgehead atoms. The quantitative estimate of drug-likeness (QED) is 0.635. The molecule has 0 fully saturated rings. The summed E-state index contributed by atoms with van der Waals surface area (Å²) in [7, 11) is 1.63. The summed E-state index contributed by atoms with van der Waals surface area (Å²) >= 11 is 0. The second-order valence-electron chi connectivity index (χ2n) is 6.27. The predicted octanol–water partition coefficient (Wildman–Crippen LogP) is 4.19. The standard InChI is InChI=1S/C22H29NO4/c1-5-26-21-13-17(9-12-20(21)25-4)15-23-19(14-22(24)27-6-2)18-10-7-16(3)8-11-18/h7-13,19,23H,5-6,14-15H2,1-4H3/t19-/m0/s1. The summed E-state index contributed by atoms with van der Waals surface area (Å²) in [6.45, 7) is 7.36. The molecule has 5 nitrogen and oxygen atoms in total. The Morgan fingerprint density at radius 1 is 1.04 bits per heavy atom. The molecule has 1 N–H and O–H groups in total. The lowest BCUT2D eigenvalue weighted by atomic mass is 10.0. The van der Waals surface area contributed by atoms with Crippen LogP contribution in [0.5, 0.6) is 11.5 Å². The van der Waals surface area contributed by atoms with Crippen LogP contribution in [-0.4, -0.2) is 26.3 Å². The van der Waals surface area contributed by atoms with Crippen LogP contribution in [-0.2, 0) is 16.1 Å². The summed E-state index contributed by atoms with van der Waals surface area (Å²) in [5, 5.41) is 3.47. The zero-order chi connectivity index (χ0) is 19.6. The monoisotopic (exact) mass is 371 g/mol. The van der Waals surface area contributed by atoms with Crippen LogP contribution in [0.1, 0.15) is 43.0 Å². The van der Waals surface area contributed by atoms with E-state index in [0.717, 1.165) is 16.9 Å². The molecular formula is C22H29NO4. The van der Waals surface area contributed by atoms with Gasteiger partial charge in [-0.05, 0) is 44.0 Å². The number of ether oxygens (including phenoxy) is 3. The van der Waals surface area contributed by atoms with E-state index in [2.05, 4.69) is 17.4 Å².